The van der Waals surface area contributed by atoms with Gasteiger partial charge in [-0.1, -0.05) is 18.2 Å². The van der Waals surface area contributed by atoms with Crippen molar-refractivity contribution in [3.8, 4) is 0 Å². The highest BCUT2D eigenvalue weighted by Crippen LogP contribution is 2.24. The van der Waals surface area contributed by atoms with E-state index in [0.717, 1.165) is 32.4 Å². The van der Waals surface area contributed by atoms with Crippen LogP contribution in [0.1, 0.15) is 55.3 Å². The molecule has 1 unspecified atom stereocenters. The summed E-state index contributed by atoms with van der Waals surface area (Å²) in [6, 6.07) is 6.94. The Balaban J connectivity index is 0.00000300. The minimum Gasteiger partial charge on any atom is -0.480 e. The van der Waals surface area contributed by atoms with Crippen molar-refractivity contribution in [1.29, 1.82) is 0 Å². The Morgan fingerprint density at radius 3 is 2.52 bits per heavy atom. The van der Waals surface area contributed by atoms with Gasteiger partial charge in [0.2, 0.25) is 5.91 Å². The first-order chi connectivity index (χ1) is 13.4. The maximum absolute atomic E-state index is 12.5. The molecule has 0 aromatic heterocycles. The van der Waals surface area contributed by atoms with Crippen molar-refractivity contribution >= 4 is 24.3 Å². The molecule has 7 heteroatoms. The zero-order valence-corrected chi connectivity index (χ0v) is 18.3. The highest BCUT2D eigenvalue weighted by Gasteiger charge is 2.25. The van der Waals surface area contributed by atoms with Crippen LogP contribution in [-0.4, -0.2) is 66.1 Å². The van der Waals surface area contributed by atoms with E-state index in [0.29, 0.717) is 6.54 Å². The van der Waals surface area contributed by atoms with Crippen LogP contribution in [0.15, 0.2) is 18.2 Å². The van der Waals surface area contributed by atoms with E-state index in [9.17, 15) is 9.59 Å². The molecule has 1 aromatic rings. The van der Waals surface area contributed by atoms with Crippen molar-refractivity contribution in [1.82, 2.24) is 15.1 Å². The minimum absolute atomic E-state index is 0. The third-order valence-electron chi connectivity index (χ3n) is 6.18. The van der Waals surface area contributed by atoms with Crippen molar-refractivity contribution in [3.63, 3.8) is 0 Å². The van der Waals surface area contributed by atoms with Gasteiger partial charge in [-0.15, -0.1) is 12.4 Å². The summed E-state index contributed by atoms with van der Waals surface area (Å²) in [5.41, 5.74) is 4.09. The van der Waals surface area contributed by atoms with Crippen molar-refractivity contribution in [2.24, 2.45) is 0 Å². The second-order valence-corrected chi connectivity index (χ2v) is 8.34. The number of carbonyl (C=O) groups is 2. The number of hydrogen-bond acceptors (Lipinski definition) is 4. The quantitative estimate of drug-likeness (QED) is 0.705. The third kappa shape index (κ3) is 6.69. The van der Waals surface area contributed by atoms with Crippen LogP contribution in [-0.2, 0) is 22.4 Å². The molecule has 1 saturated heterocycles. The Morgan fingerprint density at radius 1 is 1.21 bits per heavy atom. The van der Waals surface area contributed by atoms with E-state index in [1.165, 1.54) is 36.0 Å². The van der Waals surface area contributed by atoms with Crippen LogP contribution < -0.4 is 5.32 Å². The molecule has 0 bridgehead atoms. The van der Waals surface area contributed by atoms with E-state index in [4.69, 9.17) is 5.11 Å². The van der Waals surface area contributed by atoms with E-state index in [2.05, 4.69) is 35.3 Å². The second-order valence-electron chi connectivity index (χ2n) is 8.34. The number of carboxylic acid groups (broad SMARTS) is 1. The lowest BCUT2D eigenvalue weighted by Crippen LogP contribution is -2.47. The van der Waals surface area contributed by atoms with E-state index >= 15 is 0 Å². The molecule has 0 radical (unpaired) electrons. The van der Waals surface area contributed by atoms with Gasteiger partial charge >= 0.3 is 5.97 Å². The van der Waals surface area contributed by atoms with Crippen molar-refractivity contribution in [2.45, 2.75) is 57.5 Å². The maximum Gasteiger partial charge on any atom is 0.317 e. The fraction of sp³-hybridized carbons (Fsp3) is 0.636. The number of piperidine rings is 1. The number of likely N-dealkylation sites (tertiary alicyclic amines) is 1. The topological polar surface area (TPSA) is 72.9 Å². The number of aryl methyl sites for hydroxylation is 2. The molecule has 6 nitrogen and oxygen atoms in total. The summed E-state index contributed by atoms with van der Waals surface area (Å²) < 4.78 is 0. The van der Waals surface area contributed by atoms with Gasteiger partial charge in [-0.3, -0.25) is 19.4 Å². The van der Waals surface area contributed by atoms with Crippen LogP contribution >= 0.6 is 12.4 Å². The Labute approximate surface area is 180 Å². The van der Waals surface area contributed by atoms with E-state index in [1.807, 2.05) is 11.9 Å². The van der Waals surface area contributed by atoms with Crippen LogP contribution in [0, 0.1) is 0 Å². The molecule has 1 aliphatic heterocycles. The number of likely N-dealkylation sites (N-methyl/N-ethyl adjacent to an activating group) is 1. The van der Waals surface area contributed by atoms with Gasteiger partial charge in [0, 0.05) is 19.1 Å². The zero-order chi connectivity index (χ0) is 20.1. The summed E-state index contributed by atoms with van der Waals surface area (Å²) in [5.74, 6) is -0.733. The summed E-state index contributed by atoms with van der Waals surface area (Å²) >= 11 is 0. The Morgan fingerprint density at radius 2 is 1.86 bits per heavy atom. The summed E-state index contributed by atoms with van der Waals surface area (Å²) in [5, 5.41) is 12.1. The average Bonchev–Trinajstić information content (AvgIpc) is 2.67. The standard InChI is InChI=1S/C22H33N3O3.ClH/c1-16(18-8-7-17-5-3-4-6-19(17)13-18)23-21(26)14-25-11-9-20(10-12-25)24(2)15-22(27)28;/h7-8,13,16,20H,3-6,9-12,14-15H2,1-2H3,(H,23,26)(H,27,28);1H. The lowest BCUT2D eigenvalue weighted by molar-refractivity contribution is -0.138. The lowest BCUT2D eigenvalue weighted by Gasteiger charge is -2.35. The third-order valence-corrected chi connectivity index (χ3v) is 6.18. The first-order valence-corrected chi connectivity index (χ1v) is 10.5. The van der Waals surface area contributed by atoms with E-state index in [1.54, 1.807) is 0 Å². The van der Waals surface area contributed by atoms with Gasteiger partial charge in [-0.25, -0.2) is 0 Å². The molecular weight excluding hydrogens is 390 g/mol. The SMILES string of the molecule is CC(NC(=O)CN1CCC(N(C)CC(=O)O)CC1)c1ccc2c(c1)CCCC2.Cl. The number of nitrogens with one attached hydrogen (secondary N) is 1. The fourth-order valence-electron chi connectivity index (χ4n) is 4.46. The first kappa shape index (κ1) is 23.6. The average molecular weight is 424 g/mol. The molecule has 1 aromatic carbocycles. The molecule has 1 aliphatic carbocycles. The Hall–Kier alpha value is -1.63. The molecule has 1 fully saturated rings. The molecule has 1 amide bonds. The molecular formula is C22H34ClN3O3. The summed E-state index contributed by atoms with van der Waals surface area (Å²) in [6.07, 6.45) is 6.66. The van der Waals surface area contributed by atoms with Crippen molar-refractivity contribution in [2.75, 3.05) is 33.2 Å². The van der Waals surface area contributed by atoms with Crippen LogP contribution in [0.5, 0.6) is 0 Å². The lowest BCUT2D eigenvalue weighted by atomic mass is 9.89. The maximum atomic E-state index is 12.5. The van der Waals surface area contributed by atoms with E-state index in [-0.39, 0.29) is 36.9 Å². The summed E-state index contributed by atoms with van der Waals surface area (Å²) in [7, 11) is 1.86. The number of hydrogen-bond donors (Lipinski definition) is 2. The molecule has 3 rings (SSSR count). The smallest absolute Gasteiger partial charge is 0.317 e. The number of rotatable bonds is 7. The Bertz CT molecular complexity index is 705. The van der Waals surface area contributed by atoms with Crippen LogP contribution in [0.2, 0.25) is 0 Å². The molecule has 162 valence electrons. The predicted molar refractivity (Wildman–Crippen MR) is 117 cm³/mol. The van der Waals surface area contributed by atoms with E-state index < -0.39 is 5.97 Å². The number of nitrogens with zero attached hydrogens (tertiary/aromatic N) is 2. The molecule has 2 N–H and O–H groups in total. The molecule has 1 atom stereocenters. The highest BCUT2D eigenvalue weighted by molar-refractivity contribution is 5.85. The van der Waals surface area contributed by atoms with Crippen molar-refractivity contribution in [3.05, 3.63) is 34.9 Å². The molecule has 0 saturated carbocycles. The van der Waals surface area contributed by atoms with Gasteiger partial charge in [0.1, 0.15) is 0 Å². The van der Waals surface area contributed by atoms with Crippen LogP contribution in [0.25, 0.3) is 0 Å². The normalized spacial score (nSPS) is 18.6. The predicted octanol–water partition coefficient (Wildman–Crippen LogP) is 2.65. The molecule has 1 heterocycles. The number of benzene rings is 1. The molecule has 2 aliphatic rings. The first-order valence-electron chi connectivity index (χ1n) is 10.5. The summed E-state index contributed by atoms with van der Waals surface area (Å²) in [4.78, 5) is 27.4. The van der Waals surface area contributed by atoms with Crippen molar-refractivity contribution < 1.29 is 14.7 Å². The number of carboxylic acids is 1. The summed E-state index contributed by atoms with van der Waals surface area (Å²) in [6.45, 7) is 4.19. The van der Waals surface area contributed by atoms with Gasteiger partial charge < -0.3 is 10.4 Å². The minimum atomic E-state index is -0.791. The Kier molecular flexibility index (Phi) is 8.93. The van der Waals surface area contributed by atoms with Gasteiger partial charge in [0.15, 0.2) is 0 Å². The fourth-order valence-corrected chi connectivity index (χ4v) is 4.46. The van der Waals surface area contributed by atoms with Gasteiger partial charge in [0.25, 0.3) is 0 Å². The number of carbonyl (C=O) groups excluding carboxylic acids is 1. The number of aliphatic carboxylic acids is 1. The van der Waals surface area contributed by atoms with Gasteiger partial charge in [-0.2, -0.15) is 0 Å². The number of fused-ring (bicyclic) bond motifs is 1. The van der Waals surface area contributed by atoms with Gasteiger partial charge in [-0.05, 0) is 69.2 Å². The van der Waals surface area contributed by atoms with Crippen LogP contribution in [0.4, 0.5) is 0 Å². The second kappa shape index (κ2) is 11.0. The molecule has 0 spiro atoms. The van der Waals surface area contributed by atoms with Gasteiger partial charge in [0.05, 0.1) is 19.1 Å². The highest BCUT2D eigenvalue weighted by atomic mass is 35.5. The molecule has 29 heavy (non-hydrogen) atoms. The van der Waals surface area contributed by atoms with Crippen LogP contribution in [0.3, 0.4) is 0 Å². The largest absolute Gasteiger partial charge is 0.480 e. The number of halogens is 1. The number of amides is 1. The monoisotopic (exact) mass is 423 g/mol. The zero-order valence-electron chi connectivity index (χ0n) is 17.5.